The van der Waals surface area contributed by atoms with E-state index < -0.39 is 0 Å². The third-order valence-corrected chi connectivity index (χ3v) is 3.76. The highest BCUT2D eigenvalue weighted by Gasteiger charge is 2.13. The zero-order valence-corrected chi connectivity index (χ0v) is 12.2. The van der Waals surface area contributed by atoms with Crippen LogP contribution in [0.3, 0.4) is 0 Å². The highest BCUT2D eigenvalue weighted by Crippen LogP contribution is 2.24. The molecule has 0 saturated carbocycles. The van der Waals surface area contributed by atoms with E-state index in [0.29, 0.717) is 0 Å². The second-order valence-corrected chi connectivity index (χ2v) is 5.13. The Hall–Kier alpha value is -2.26. The minimum atomic E-state index is 0.260. The Morgan fingerprint density at radius 2 is 1.86 bits per heavy atom. The SMILES string of the molecule is CCNC(Cc1cccc2ccccc12)c1ccnnc1. The van der Waals surface area contributed by atoms with Gasteiger partial charge in [0.2, 0.25) is 0 Å². The fourth-order valence-electron chi connectivity index (χ4n) is 2.75. The zero-order chi connectivity index (χ0) is 14.5. The Morgan fingerprint density at radius 1 is 1.00 bits per heavy atom. The van der Waals surface area contributed by atoms with Crippen molar-refractivity contribution in [2.75, 3.05) is 6.54 Å². The van der Waals surface area contributed by atoms with Crippen LogP contribution in [0, 0.1) is 0 Å². The summed E-state index contributed by atoms with van der Waals surface area (Å²) < 4.78 is 0. The first kappa shape index (κ1) is 13.7. The summed E-state index contributed by atoms with van der Waals surface area (Å²) in [5.74, 6) is 0. The molecule has 0 spiro atoms. The van der Waals surface area contributed by atoms with Crippen molar-refractivity contribution in [2.45, 2.75) is 19.4 Å². The number of rotatable bonds is 5. The molecular weight excluding hydrogens is 258 g/mol. The van der Waals surface area contributed by atoms with E-state index in [-0.39, 0.29) is 6.04 Å². The largest absolute Gasteiger partial charge is 0.310 e. The standard InChI is InChI=1S/C18H19N3/c1-2-19-18(16-10-11-20-21-13-16)12-15-8-5-7-14-6-3-4-9-17(14)15/h3-11,13,18-19H,2,12H2,1H3. The summed E-state index contributed by atoms with van der Waals surface area (Å²) in [5, 5.41) is 14.0. The van der Waals surface area contributed by atoms with Crippen molar-refractivity contribution in [2.24, 2.45) is 0 Å². The summed E-state index contributed by atoms with van der Waals surface area (Å²) in [5.41, 5.74) is 2.54. The minimum absolute atomic E-state index is 0.260. The molecule has 0 aliphatic carbocycles. The van der Waals surface area contributed by atoms with Crippen molar-refractivity contribution < 1.29 is 0 Å². The zero-order valence-electron chi connectivity index (χ0n) is 12.2. The molecule has 0 radical (unpaired) electrons. The van der Waals surface area contributed by atoms with Gasteiger partial charge in [-0.05, 0) is 40.9 Å². The highest BCUT2D eigenvalue weighted by molar-refractivity contribution is 5.85. The van der Waals surface area contributed by atoms with Crippen LogP contribution in [0.5, 0.6) is 0 Å². The molecule has 2 aromatic carbocycles. The second-order valence-electron chi connectivity index (χ2n) is 5.13. The van der Waals surface area contributed by atoms with E-state index in [1.807, 2.05) is 12.3 Å². The predicted octanol–water partition coefficient (Wildman–Crippen LogP) is 3.52. The number of fused-ring (bicyclic) bond motifs is 1. The van der Waals surface area contributed by atoms with Crippen LogP contribution in [0.2, 0.25) is 0 Å². The molecular formula is C18H19N3. The Morgan fingerprint density at radius 3 is 2.67 bits per heavy atom. The van der Waals surface area contributed by atoms with Gasteiger partial charge in [0, 0.05) is 12.2 Å². The molecule has 1 unspecified atom stereocenters. The van der Waals surface area contributed by atoms with Crippen LogP contribution in [0.1, 0.15) is 24.1 Å². The molecule has 1 heterocycles. The van der Waals surface area contributed by atoms with E-state index >= 15 is 0 Å². The lowest BCUT2D eigenvalue weighted by atomic mass is 9.96. The number of aromatic nitrogens is 2. The van der Waals surface area contributed by atoms with E-state index in [2.05, 4.69) is 64.9 Å². The van der Waals surface area contributed by atoms with Crippen molar-refractivity contribution in [3.63, 3.8) is 0 Å². The fraction of sp³-hybridized carbons (Fsp3) is 0.222. The molecule has 3 nitrogen and oxygen atoms in total. The van der Waals surface area contributed by atoms with E-state index in [0.717, 1.165) is 13.0 Å². The fourth-order valence-corrected chi connectivity index (χ4v) is 2.75. The van der Waals surface area contributed by atoms with E-state index in [1.165, 1.54) is 21.9 Å². The summed E-state index contributed by atoms with van der Waals surface area (Å²) in [6.07, 6.45) is 4.54. The molecule has 3 aromatic rings. The van der Waals surface area contributed by atoms with Crippen molar-refractivity contribution in [3.8, 4) is 0 Å². The number of nitrogens with one attached hydrogen (secondary N) is 1. The van der Waals surface area contributed by atoms with Gasteiger partial charge in [-0.15, -0.1) is 0 Å². The minimum Gasteiger partial charge on any atom is -0.310 e. The quantitative estimate of drug-likeness (QED) is 0.775. The molecule has 3 heteroatoms. The van der Waals surface area contributed by atoms with Gasteiger partial charge in [0.15, 0.2) is 0 Å². The number of likely N-dealkylation sites (N-methyl/N-ethyl adjacent to an activating group) is 1. The normalized spacial score (nSPS) is 12.4. The first-order valence-corrected chi connectivity index (χ1v) is 7.35. The summed E-state index contributed by atoms with van der Waals surface area (Å²) in [6.45, 7) is 3.06. The Balaban J connectivity index is 1.95. The lowest BCUT2D eigenvalue weighted by Crippen LogP contribution is -2.23. The van der Waals surface area contributed by atoms with E-state index in [9.17, 15) is 0 Å². The maximum absolute atomic E-state index is 4.00. The van der Waals surface area contributed by atoms with Crippen molar-refractivity contribution in [3.05, 3.63) is 72.1 Å². The first-order valence-electron chi connectivity index (χ1n) is 7.35. The summed E-state index contributed by atoms with van der Waals surface area (Å²) in [6, 6.07) is 17.3. The van der Waals surface area contributed by atoms with Crippen LogP contribution in [0.15, 0.2) is 60.9 Å². The van der Waals surface area contributed by atoms with Gasteiger partial charge in [-0.3, -0.25) is 0 Å². The lowest BCUT2D eigenvalue weighted by Gasteiger charge is -2.19. The van der Waals surface area contributed by atoms with E-state index in [4.69, 9.17) is 0 Å². The summed E-state index contributed by atoms with van der Waals surface area (Å²) in [7, 11) is 0. The molecule has 1 atom stereocenters. The number of hydrogen-bond acceptors (Lipinski definition) is 3. The van der Waals surface area contributed by atoms with Crippen LogP contribution in [-0.4, -0.2) is 16.7 Å². The Bertz CT molecular complexity index is 704. The molecule has 3 rings (SSSR count). The summed E-state index contributed by atoms with van der Waals surface area (Å²) in [4.78, 5) is 0. The van der Waals surface area contributed by atoms with Gasteiger partial charge in [-0.25, -0.2) is 0 Å². The third-order valence-electron chi connectivity index (χ3n) is 3.76. The number of benzene rings is 2. The van der Waals surface area contributed by atoms with Gasteiger partial charge in [-0.1, -0.05) is 49.4 Å². The molecule has 21 heavy (non-hydrogen) atoms. The van der Waals surface area contributed by atoms with Crippen LogP contribution in [0.4, 0.5) is 0 Å². The molecule has 0 bridgehead atoms. The van der Waals surface area contributed by atoms with Crippen LogP contribution >= 0.6 is 0 Å². The first-order chi connectivity index (χ1) is 10.4. The van der Waals surface area contributed by atoms with Crippen LogP contribution in [0.25, 0.3) is 10.8 Å². The molecule has 0 amide bonds. The van der Waals surface area contributed by atoms with Gasteiger partial charge in [0.25, 0.3) is 0 Å². The molecule has 0 fully saturated rings. The van der Waals surface area contributed by atoms with Gasteiger partial charge >= 0.3 is 0 Å². The lowest BCUT2D eigenvalue weighted by molar-refractivity contribution is 0.548. The van der Waals surface area contributed by atoms with E-state index in [1.54, 1.807) is 6.20 Å². The molecule has 0 aliphatic heterocycles. The number of hydrogen-bond donors (Lipinski definition) is 1. The van der Waals surface area contributed by atoms with Crippen LogP contribution < -0.4 is 5.32 Å². The maximum atomic E-state index is 4.00. The average Bonchev–Trinajstić information content (AvgIpc) is 2.55. The topological polar surface area (TPSA) is 37.8 Å². The van der Waals surface area contributed by atoms with Gasteiger partial charge in [0.05, 0.1) is 6.20 Å². The van der Waals surface area contributed by atoms with Crippen molar-refractivity contribution in [1.82, 2.24) is 15.5 Å². The van der Waals surface area contributed by atoms with Crippen LogP contribution in [-0.2, 0) is 6.42 Å². The predicted molar refractivity (Wildman–Crippen MR) is 86.1 cm³/mol. The number of nitrogens with zero attached hydrogens (tertiary/aromatic N) is 2. The highest BCUT2D eigenvalue weighted by atomic mass is 15.1. The Labute approximate surface area is 125 Å². The van der Waals surface area contributed by atoms with Crippen molar-refractivity contribution in [1.29, 1.82) is 0 Å². The third kappa shape index (κ3) is 3.09. The molecule has 1 aromatic heterocycles. The average molecular weight is 277 g/mol. The van der Waals surface area contributed by atoms with Gasteiger partial charge in [0.1, 0.15) is 0 Å². The van der Waals surface area contributed by atoms with Gasteiger partial charge < -0.3 is 5.32 Å². The molecule has 1 N–H and O–H groups in total. The Kier molecular flexibility index (Phi) is 4.22. The van der Waals surface area contributed by atoms with Crippen molar-refractivity contribution >= 4 is 10.8 Å². The molecule has 0 saturated heterocycles. The van der Waals surface area contributed by atoms with Gasteiger partial charge in [-0.2, -0.15) is 10.2 Å². The second kappa shape index (κ2) is 6.46. The smallest absolute Gasteiger partial charge is 0.0544 e. The molecule has 0 aliphatic rings. The molecule has 106 valence electrons. The summed E-state index contributed by atoms with van der Waals surface area (Å²) >= 11 is 0. The maximum Gasteiger partial charge on any atom is 0.0544 e. The monoisotopic (exact) mass is 277 g/mol.